The lowest BCUT2D eigenvalue weighted by molar-refractivity contribution is 0.140. The van der Waals surface area contributed by atoms with Crippen LogP contribution in [0.4, 0.5) is 4.79 Å². The number of carbonyl (C=O) groups is 2. The molecule has 1 rings (SSSR count). The molecule has 1 aromatic carbocycles. The average molecular weight is 239 g/mol. The third-order valence-corrected chi connectivity index (χ3v) is 2.35. The van der Waals surface area contributed by atoms with Gasteiger partial charge in [0.15, 0.2) is 5.62 Å². The Hall–Kier alpha value is -1.49. The largest absolute Gasteiger partial charge is 0.445 e. The van der Waals surface area contributed by atoms with Crippen LogP contribution in [0, 0.1) is 0 Å². The number of hydrogen-bond acceptors (Lipinski definition) is 4. The molecule has 0 bridgehead atoms. The predicted octanol–water partition coefficient (Wildman–Crippen LogP) is 1.84. The van der Waals surface area contributed by atoms with E-state index in [0.717, 1.165) is 22.9 Å². The summed E-state index contributed by atoms with van der Waals surface area (Å²) in [6, 6.07) is 9.44. The first-order valence-electron chi connectivity index (χ1n) is 4.82. The lowest BCUT2D eigenvalue weighted by Gasteiger charge is -2.05. The molecule has 0 saturated heterocycles. The van der Waals surface area contributed by atoms with Crippen molar-refractivity contribution in [2.24, 2.45) is 0 Å². The third-order valence-electron chi connectivity index (χ3n) is 1.77. The molecule has 0 spiro atoms. The highest BCUT2D eigenvalue weighted by Gasteiger charge is 2.00. The second-order valence-corrected chi connectivity index (χ2v) is 3.89. The lowest BCUT2D eigenvalue weighted by Crippen LogP contribution is -2.26. The van der Waals surface area contributed by atoms with Gasteiger partial charge in [-0.15, -0.1) is 0 Å². The highest BCUT2D eigenvalue weighted by molar-refractivity contribution is 8.11. The summed E-state index contributed by atoms with van der Waals surface area (Å²) in [6.07, 6.45) is -0.463. The lowest BCUT2D eigenvalue weighted by atomic mass is 10.2. The van der Waals surface area contributed by atoms with Gasteiger partial charge < -0.3 is 10.1 Å². The van der Waals surface area contributed by atoms with E-state index in [0.29, 0.717) is 12.3 Å². The van der Waals surface area contributed by atoms with Crippen molar-refractivity contribution < 1.29 is 14.3 Å². The van der Waals surface area contributed by atoms with Crippen LogP contribution in [0.1, 0.15) is 5.56 Å². The molecule has 0 atom stereocenters. The van der Waals surface area contributed by atoms with E-state index < -0.39 is 6.09 Å². The predicted molar refractivity (Wildman–Crippen MR) is 63.8 cm³/mol. The van der Waals surface area contributed by atoms with E-state index in [1.165, 1.54) is 0 Å². The maximum Gasteiger partial charge on any atom is 0.407 e. The quantitative estimate of drug-likeness (QED) is 0.608. The Bertz CT molecular complexity index is 329. The van der Waals surface area contributed by atoms with Gasteiger partial charge in [0, 0.05) is 12.3 Å². The standard InChI is InChI=1S/C11H13NO3S/c13-9-16-7-6-12-11(14)15-8-10-4-2-1-3-5-10/h1-5,9H,6-8H2,(H,12,14). The van der Waals surface area contributed by atoms with Crippen LogP contribution < -0.4 is 5.32 Å². The fraction of sp³-hybridized carbons (Fsp3) is 0.273. The second kappa shape index (κ2) is 7.76. The molecule has 5 heteroatoms. The Kier molecular flexibility index (Phi) is 6.10. The van der Waals surface area contributed by atoms with Gasteiger partial charge in [-0.05, 0) is 5.56 Å². The van der Waals surface area contributed by atoms with Gasteiger partial charge in [-0.3, -0.25) is 4.79 Å². The topological polar surface area (TPSA) is 55.4 Å². The molecular weight excluding hydrogens is 226 g/mol. The first-order chi connectivity index (χ1) is 7.83. The van der Waals surface area contributed by atoms with E-state index in [1.54, 1.807) is 0 Å². The first-order valence-corrected chi connectivity index (χ1v) is 5.87. The zero-order valence-corrected chi connectivity index (χ0v) is 9.53. The Balaban J connectivity index is 2.13. The van der Waals surface area contributed by atoms with Crippen molar-refractivity contribution >= 4 is 23.5 Å². The van der Waals surface area contributed by atoms with E-state index in [9.17, 15) is 9.59 Å². The van der Waals surface area contributed by atoms with Crippen LogP contribution in [0.25, 0.3) is 0 Å². The van der Waals surface area contributed by atoms with Gasteiger partial charge in [0.1, 0.15) is 6.61 Å². The molecule has 4 nitrogen and oxygen atoms in total. The normalized spacial score (nSPS) is 9.50. The van der Waals surface area contributed by atoms with Crippen molar-refractivity contribution in [1.82, 2.24) is 5.32 Å². The number of carbonyl (C=O) groups excluding carboxylic acids is 2. The minimum Gasteiger partial charge on any atom is -0.445 e. The van der Waals surface area contributed by atoms with Crippen molar-refractivity contribution in [3.05, 3.63) is 35.9 Å². The molecule has 0 fully saturated rings. The minimum absolute atomic E-state index is 0.257. The van der Waals surface area contributed by atoms with E-state index in [1.807, 2.05) is 30.3 Å². The monoisotopic (exact) mass is 239 g/mol. The van der Waals surface area contributed by atoms with Crippen LogP contribution in [-0.4, -0.2) is 24.0 Å². The Labute approximate surface area is 98.4 Å². The molecule has 0 aromatic heterocycles. The minimum atomic E-state index is -0.463. The van der Waals surface area contributed by atoms with Gasteiger partial charge in [-0.2, -0.15) is 0 Å². The highest BCUT2D eigenvalue weighted by atomic mass is 32.2. The maximum absolute atomic E-state index is 11.1. The van der Waals surface area contributed by atoms with E-state index in [-0.39, 0.29) is 6.61 Å². The summed E-state index contributed by atoms with van der Waals surface area (Å²) in [5.41, 5.74) is 1.69. The smallest absolute Gasteiger partial charge is 0.407 e. The summed E-state index contributed by atoms with van der Waals surface area (Å²) in [6.45, 7) is 0.685. The molecule has 86 valence electrons. The van der Waals surface area contributed by atoms with Crippen molar-refractivity contribution in [3.63, 3.8) is 0 Å². The van der Waals surface area contributed by atoms with Gasteiger partial charge in [-0.1, -0.05) is 42.1 Å². The molecule has 0 heterocycles. The molecule has 1 amide bonds. The highest BCUT2D eigenvalue weighted by Crippen LogP contribution is 2.00. The van der Waals surface area contributed by atoms with Crippen LogP contribution in [0.5, 0.6) is 0 Å². The number of benzene rings is 1. The Morgan fingerprint density at radius 3 is 2.81 bits per heavy atom. The fourth-order valence-corrected chi connectivity index (χ4v) is 1.35. The van der Waals surface area contributed by atoms with Crippen LogP contribution in [-0.2, 0) is 16.1 Å². The molecule has 0 aliphatic heterocycles. The summed E-state index contributed by atoms with van der Waals surface area (Å²) in [4.78, 5) is 21.1. The maximum atomic E-state index is 11.1. The second-order valence-electron chi connectivity index (χ2n) is 2.96. The fourth-order valence-electron chi connectivity index (χ4n) is 1.03. The van der Waals surface area contributed by atoms with Crippen molar-refractivity contribution in [3.8, 4) is 0 Å². The van der Waals surface area contributed by atoms with Crippen LogP contribution in [0.15, 0.2) is 30.3 Å². The molecule has 16 heavy (non-hydrogen) atoms. The number of ether oxygens (including phenoxy) is 1. The zero-order chi connectivity index (χ0) is 11.6. The molecule has 0 saturated carbocycles. The molecule has 0 unspecified atom stereocenters. The Morgan fingerprint density at radius 2 is 2.12 bits per heavy atom. The van der Waals surface area contributed by atoms with E-state index >= 15 is 0 Å². The van der Waals surface area contributed by atoms with Crippen molar-refractivity contribution in [2.75, 3.05) is 12.3 Å². The summed E-state index contributed by atoms with van der Waals surface area (Å²) in [5, 5.41) is 2.55. The first kappa shape index (κ1) is 12.6. The van der Waals surface area contributed by atoms with Gasteiger partial charge >= 0.3 is 6.09 Å². The number of amides is 1. The summed E-state index contributed by atoms with van der Waals surface area (Å²) in [5.74, 6) is 0.559. The van der Waals surface area contributed by atoms with Crippen molar-refractivity contribution in [1.29, 1.82) is 0 Å². The SMILES string of the molecule is O=CSCCNC(=O)OCc1ccccc1. The van der Waals surface area contributed by atoms with Crippen molar-refractivity contribution in [2.45, 2.75) is 6.61 Å². The molecule has 0 radical (unpaired) electrons. The summed E-state index contributed by atoms with van der Waals surface area (Å²) in [7, 11) is 0. The summed E-state index contributed by atoms with van der Waals surface area (Å²) >= 11 is 1.11. The third kappa shape index (κ3) is 5.41. The Morgan fingerprint density at radius 1 is 1.38 bits per heavy atom. The molecule has 1 N–H and O–H groups in total. The van der Waals surface area contributed by atoms with Gasteiger partial charge in [0.05, 0.1) is 0 Å². The van der Waals surface area contributed by atoms with Gasteiger partial charge in [0.25, 0.3) is 0 Å². The number of rotatable bonds is 6. The van der Waals surface area contributed by atoms with Crippen LogP contribution in [0.3, 0.4) is 0 Å². The average Bonchev–Trinajstić information content (AvgIpc) is 2.33. The molecule has 0 aliphatic carbocycles. The molecule has 0 aliphatic rings. The molecular formula is C11H13NO3S. The number of alkyl carbamates (subject to hydrolysis) is 1. The number of thioether (sulfide) groups is 1. The van der Waals surface area contributed by atoms with E-state index in [2.05, 4.69) is 5.32 Å². The molecule has 1 aromatic rings. The van der Waals surface area contributed by atoms with E-state index in [4.69, 9.17) is 4.74 Å². The number of nitrogens with one attached hydrogen (secondary N) is 1. The van der Waals surface area contributed by atoms with Crippen LogP contribution >= 0.6 is 11.8 Å². The number of hydrogen-bond donors (Lipinski definition) is 1. The summed E-state index contributed by atoms with van der Waals surface area (Å²) < 4.78 is 4.96. The zero-order valence-electron chi connectivity index (χ0n) is 8.72. The van der Waals surface area contributed by atoms with Gasteiger partial charge in [0.2, 0.25) is 0 Å². The van der Waals surface area contributed by atoms with Crippen LogP contribution in [0.2, 0.25) is 0 Å². The van der Waals surface area contributed by atoms with Gasteiger partial charge in [-0.25, -0.2) is 4.79 Å².